The number of nitro groups is 1. The van der Waals surface area contributed by atoms with Crippen LogP contribution in [0.2, 0.25) is 0 Å². The van der Waals surface area contributed by atoms with E-state index in [9.17, 15) is 14.9 Å². The topological polar surface area (TPSA) is 81.9 Å². The monoisotopic (exact) mass is 280 g/mol. The first kappa shape index (κ1) is 14.4. The molecule has 1 saturated heterocycles. The van der Waals surface area contributed by atoms with Gasteiger partial charge in [0.15, 0.2) is 5.75 Å². The highest BCUT2D eigenvalue weighted by molar-refractivity contribution is 5.77. The SMILES string of the molecule is CN1CCOC(COc2ccc(C=O)cc2[N+](=O)[O-])C1. The van der Waals surface area contributed by atoms with Gasteiger partial charge in [0, 0.05) is 24.7 Å². The molecule has 108 valence electrons. The van der Waals surface area contributed by atoms with E-state index in [-0.39, 0.29) is 29.7 Å². The molecule has 1 aliphatic heterocycles. The van der Waals surface area contributed by atoms with Crippen molar-refractivity contribution in [2.75, 3.05) is 33.4 Å². The number of benzene rings is 1. The third-order valence-electron chi connectivity index (χ3n) is 3.08. The predicted octanol–water partition coefficient (Wildman–Crippen LogP) is 1.12. The van der Waals surface area contributed by atoms with Gasteiger partial charge in [0.1, 0.15) is 19.0 Å². The van der Waals surface area contributed by atoms with Crippen molar-refractivity contribution in [1.82, 2.24) is 4.90 Å². The molecular weight excluding hydrogens is 264 g/mol. The fourth-order valence-corrected chi connectivity index (χ4v) is 2.02. The molecule has 0 radical (unpaired) electrons. The van der Waals surface area contributed by atoms with E-state index in [0.29, 0.717) is 12.9 Å². The number of carbonyl (C=O) groups excluding carboxylic acids is 1. The van der Waals surface area contributed by atoms with Gasteiger partial charge in [0.2, 0.25) is 0 Å². The molecule has 1 aliphatic rings. The number of carbonyl (C=O) groups is 1. The highest BCUT2D eigenvalue weighted by Gasteiger charge is 2.21. The van der Waals surface area contributed by atoms with Gasteiger partial charge in [-0.2, -0.15) is 0 Å². The van der Waals surface area contributed by atoms with Crippen LogP contribution in [0.25, 0.3) is 0 Å². The van der Waals surface area contributed by atoms with Crippen LogP contribution in [0, 0.1) is 10.1 Å². The lowest BCUT2D eigenvalue weighted by molar-refractivity contribution is -0.386. The van der Waals surface area contributed by atoms with E-state index in [2.05, 4.69) is 4.90 Å². The number of hydrogen-bond donors (Lipinski definition) is 0. The van der Waals surface area contributed by atoms with Crippen LogP contribution < -0.4 is 4.74 Å². The average Bonchev–Trinajstić information content (AvgIpc) is 2.45. The van der Waals surface area contributed by atoms with Crippen LogP contribution in [0.4, 0.5) is 5.69 Å². The molecule has 0 amide bonds. The standard InChI is InChI=1S/C13H16N2O5/c1-14-4-5-19-11(7-14)9-20-13-3-2-10(8-16)6-12(13)15(17)18/h2-3,6,8,11H,4-5,7,9H2,1H3. The normalized spacial score (nSPS) is 19.6. The van der Waals surface area contributed by atoms with Crippen molar-refractivity contribution in [3.8, 4) is 5.75 Å². The van der Waals surface area contributed by atoms with Crippen LogP contribution in [-0.2, 0) is 4.74 Å². The minimum Gasteiger partial charge on any atom is -0.484 e. The molecule has 7 heteroatoms. The lowest BCUT2D eigenvalue weighted by Gasteiger charge is -2.29. The summed E-state index contributed by atoms with van der Waals surface area (Å²) in [5.41, 5.74) is 0.0384. The number of rotatable bonds is 5. The van der Waals surface area contributed by atoms with Crippen LogP contribution in [0.5, 0.6) is 5.75 Å². The zero-order valence-electron chi connectivity index (χ0n) is 11.2. The van der Waals surface area contributed by atoms with E-state index in [4.69, 9.17) is 9.47 Å². The van der Waals surface area contributed by atoms with Crippen molar-refractivity contribution < 1.29 is 19.2 Å². The number of ether oxygens (including phenoxy) is 2. The summed E-state index contributed by atoms with van der Waals surface area (Å²) in [4.78, 5) is 23.2. The smallest absolute Gasteiger partial charge is 0.311 e. The van der Waals surface area contributed by atoms with Gasteiger partial charge in [-0.25, -0.2) is 0 Å². The zero-order chi connectivity index (χ0) is 14.5. The Balaban J connectivity index is 2.05. The van der Waals surface area contributed by atoms with Crippen LogP contribution in [0.1, 0.15) is 10.4 Å². The van der Waals surface area contributed by atoms with Crippen LogP contribution in [0.3, 0.4) is 0 Å². The van der Waals surface area contributed by atoms with Crippen LogP contribution in [-0.4, -0.2) is 55.6 Å². The summed E-state index contributed by atoms with van der Waals surface area (Å²) in [6, 6.07) is 4.13. The molecule has 0 bridgehead atoms. The van der Waals surface area contributed by atoms with E-state index in [1.165, 1.54) is 18.2 Å². The van der Waals surface area contributed by atoms with Crippen LogP contribution >= 0.6 is 0 Å². The van der Waals surface area contributed by atoms with E-state index < -0.39 is 4.92 Å². The van der Waals surface area contributed by atoms with E-state index in [1.54, 1.807) is 0 Å². The third kappa shape index (κ3) is 3.52. The van der Waals surface area contributed by atoms with Gasteiger partial charge in [-0.1, -0.05) is 0 Å². The highest BCUT2D eigenvalue weighted by Crippen LogP contribution is 2.27. The number of nitrogens with zero attached hydrogens (tertiary/aromatic N) is 2. The Kier molecular flexibility index (Phi) is 4.65. The molecule has 1 unspecified atom stereocenters. The number of morpholine rings is 1. The number of hydrogen-bond acceptors (Lipinski definition) is 6. The van der Waals surface area contributed by atoms with Gasteiger partial charge in [-0.05, 0) is 19.2 Å². The molecule has 0 spiro atoms. The Bertz CT molecular complexity index is 506. The third-order valence-corrected chi connectivity index (χ3v) is 3.08. The maximum atomic E-state index is 11.0. The summed E-state index contributed by atoms with van der Waals surface area (Å²) in [5.74, 6) is 0.150. The van der Waals surface area contributed by atoms with Crippen molar-refractivity contribution in [3.05, 3.63) is 33.9 Å². The lowest BCUT2D eigenvalue weighted by Crippen LogP contribution is -2.42. The van der Waals surface area contributed by atoms with E-state index in [0.717, 1.165) is 13.1 Å². The molecule has 1 aromatic carbocycles. The first-order chi connectivity index (χ1) is 9.60. The Morgan fingerprint density at radius 1 is 1.60 bits per heavy atom. The molecular formula is C13H16N2O5. The Labute approximate surface area is 116 Å². The molecule has 1 atom stereocenters. The molecule has 1 aromatic rings. The largest absolute Gasteiger partial charge is 0.484 e. The molecule has 0 saturated carbocycles. The highest BCUT2D eigenvalue weighted by atomic mass is 16.6. The first-order valence-electron chi connectivity index (χ1n) is 6.26. The lowest BCUT2D eigenvalue weighted by atomic mass is 10.2. The van der Waals surface area contributed by atoms with Gasteiger partial charge in [-0.15, -0.1) is 0 Å². The van der Waals surface area contributed by atoms with Crippen molar-refractivity contribution in [1.29, 1.82) is 0 Å². The fourth-order valence-electron chi connectivity index (χ4n) is 2.02. The summed E-state index contributed by atoms with van der Waals surface area (Å²) >= 11 is 0. The molecule has 0 aliphatic carbocycles. The van der Waals surface area contributed by atoms with Crippen molar-refractivity contribution in [2.24, 2.45) is 0 Å². The quantitative estimate of drug-likeness (QED) is 0.456. The maximum absolute atomic E-state index is 11.0. The Morgan fingerprint density at radius 2 is 2.40 bits per heavy atom. The minimum atomic E-state index is -0.559. The van der Waals surface area contributed by atoms with Crippen molar-refractivity contribution in [2.45, 2.75) is 6.10 Å². The summed E-state index contributed by atoms with van der Waals surface area (Å²) in [7, 11) is 1.98. The van der Waals surface area contributed by atoms with Crippen molar-refractivity contribution in [3.63, 3.8) is 0 Å². The van der Waals surface area contributed by atoms with Crippen molar-refractivity contribution >= 4 is 12.0 Å². The number of nitro benzene ring substituents is 1. The Hall–Kier alpha value is -1.99. The molecule has 0 aromatic heterocycles. The zero-order valence-corrected chi connectivity index (χ0v) is 11.2. The number of aldehydes is 1. The average molecular weight is 280 g/mol. The fraction of sp³-hybridized carbons (Fsp3) is 0.462. The summed E-state index contributed by atoms with van der Waals surface area (Å²) < 4.78 is 11.0. The second kappa shape index (κ2) is 6.44. The molecule has 2 rings (SSSR count). The van der Waals surface area contributed by atoms with Gasteiger partial charge < -0.3 is 14.4 Å². The molecule has 1 heterocycles. The van der Waals surface area contributed by atoms with Gasteiger partial charge >= 0.3 is 5.69 Å². The van der Waals surface area contributed by atoms with E-state index in [1.807, 2.05) is 7.05 Å². The second-order valence-corrected chi connectivity index (χ2v) is 4.67. The van der Waals surface area contributed by atoms with Gasteiger partial charge in [0.05, 0.1) is 11.5 Å². The molecule has 7 nitrogen and oxygen atoms in total. The summed E-state index contributed by atoms with van der Waals surface area (Å²) in [5, 5.41) is 11.0. The van der Waals surface area contributed by atoms with Crippen LogP contribution in [0.15, 0.2) is 18.2 Å². The van der Waals surface area contributed by atoms with E-state index >= 15 is 0 Å². The minimum absolute atomic E-state index is 0.112. The molecule has 1 fully saturated rings. The maximum Gasteiger partial charge on any atom is 0.311 e. The summed E-state index contributed by atoms with van der Waals surface area (Å²) in [6.07, 6.45) is 0.454. The first-order valence-corrected chi connectivity index (χ1v) is 6.26. The second-order valence-electron chi connectivity index (χ2n) is 4.67. The molecule has 20 heavy (non-hydrogen) atoms. The predicted molar refractivity (Wildman–Crippen MR) is 71.2 cm³/mol. The van der Waals surface area contributed by atoms with Gasteiger partial charge in [-0.3, -0.25) is 14.9 Å². The summed E-state index contributed by atoms with van der Waals surface area (Å²) in [6.45, 7) is 2.45. The molecule has 0 N–H and O–H groups in total. The van der Waals surface area contributed by atoms with Gasteiger partial charge in [0.25, 0.3) is 0 Å². The number of likely N-dealkylation sites (N-methyl/N-ethyl adjacent to an activating group) is 1. The Morgan fingerprint density at radius 3 is 3.05 bits per heavy atom.